The molecule has 2 aromatic rings. The molecule has 1 aliphatic rings. The molecule has 0 unspecified atom stereocenters. The molecular weight excluding hydrogens is 218 g/mol. The molecule has 5 heteroatoms. The fourth-order valence-electron chi connectivity index (χ4n) is 1.82. The Balaban J connectivity index is 1.91. The molecule has 1 aliphatic carbocycles. The van der Waals surface area contributed by atoms with E-state index in [9.17, 15) is 4.79 Å². The third-order valence-corrected chi connectivity index (χ3v) is 3.05. The van der Waals surface area contributed by atoms with Crippen LogP contribution in [0.4, 0.5) is 0 Å². The summed E-state index contributed by atoms with van der Waals surface area (Å²) in [7, 11) is 0. The Kier molecular flexibility index (Phi) is 2.44. The van der Waals surface area contributed by atoms with Gasteiger partial charge in [0.25, 0.3) is 0 Å². The first kappa shape index (κ1) is 10.1. The highest BCUT2D eigenvalue weighted by molar-refractivity contribution is 5.76. The van der Waals surface area contributed by atoms with E-state index in [1.807, 2.05) is 0 Å². The van der Waals surface area contributed by atoms with Crippen molar-refractivity contribution in [1.82, 2.24) is 15.1 Å². The lowest BCUT2D eigenvalue weighted by Gasteiger charge is -2.20. The van der Waals surface area contributed by atoms with Crippen LogP contribution in [0.3, 0.4) is 0 Å². The maximum absolute atomic E-state index is 10.7. The third kappa shape index (κ3) is 1.84. The summed E-state index contributed by atoms with van der Waals surface area (Å²) in [6, 6.07) is 1.70. The number of aromatic nitrogens is 3. The van der Waals surface area contributed by atoms with E-state index in [1.165, 1.54) is 12.6 Å². The summed E-state index contributed by atoms with van der Waals surface area (Å²) in [5, 5.41) is 3.92. The fourth-order valence-corrected chi connectivity index (χ4v) is 1.82. The second-order valence-corrected chi connectivity index (χ2v) is 4.21. The number of aldehydes is 1. The SMILES string of the molecule is O=Cc1cncc(-c2noc(C3CCC3)n2)c1. The lowest BCUT2D eigenvalue weighted by Crippen LogP contribution is -2.08. The van der Waals surface area contributed by atoms with E-state index in [1.54, 1.807) is 12.3 Å². The van der Waals surface area contributed by atoms with Gasteiger partial charge in [-0.3, -0.25) is 9.78 Å². The zero-order valence-electron chi connectivity index (χ0n) is 9.17. The zero-order valence-corrected chi connectivity index (χ0v) is 9.17. The molecule has 1 fully saturated rings. The van der Waals surface area contributed by atoms with Gasteiger partial charge in [-0.05, 0) is 18.9 Å². The molecule has 0 radical (unpaired) electrons. The van der Waals surface area contributed by atoms with Gasteiger partial charge in [0.2, 0.25) is 11.7 Å². The largest absolute Gasteiger partial charge is 0.339 e. The average molecular weight is 229 g/mol. The fraction of sp³-hybridized carbons (Fsp3) is 0.333. The van der Waals surface area contributed by atoms with Crippen LogP contribution in [0.1, 0.15) is 41.4 Å². The van der Waals surface area contributed by atoms with Gasteiger partial charge in [-0.25, -0.2) is 0 Å². The van der Waals surface area contributed by atoms with Crippen LogP contribution in [-0.4, -0.2) is 21.4 Å². The van der Waals surface area contributed by atoms with Crippen molar-refractivity contribution in [3.05, 3.63) is 29.9 Å². The first-order chi connectivity index (χ1) is 8.36. The maximum Gasteiger partial charge on any atom is 0.230 e. The second kappa shape index (κ2) is 4.08. The third-order valence-electron chi connectivity index (χ3n) is 3.05. The number of nitrogens with zero attached hydrogens (tertiary/aromatic N) is 3. The van der Waals surface area contributed by atoms with Gasteiger partial charge in [0.15, 0.2) is 6.29 Å². The monoisotopic (exact) mass is 229 g/mol. The van der Waals surface area contributed by atoms with Crippen LogP contribution in [0.2, 0.25) is 0 Å². The van der Waals surface area contributed by atoms with Crippen LogP contribution in [0.25, 0.3) is 11.4 Å². The standard InChI is InChI=1S/C12H11N3O2/c16-7-8-4-10(6-13-5-8)11-14-12(17-15-11)9-2-1-3-9/h4-7,9H,1-3H2. The summed E-state index contributed by atoms with van der Waals surface area (Å²) in [6.07, 6.45) is 7.35. The Hall–Kier alpha value is -2.04. The molecule has 86 valence electrons. The smallest absolute Gasteiger partial charge is 0.230 e. The highest BCUT2D eigenvalue weighted by atomic mass is 16.5. The molecule has 0 N–H and O–H groups in total. The molecule has 3 rings (SSSR count). The zero-order chi connectivity index (χ0) is 11.7. The van der Waals surface area contributed by atoms with Gasteiger partial charge >= 0.3 is 0 Å². The lowest BCUT2D eigenvalue weighted by molar-refractivity contribution is 0.112. The van der Waals surface area contributed by atoms with Crippen LogP contribution >= 0.6 is 0 Å². The number of hydrogen-bond acceptors (Lipinski definition) is 5. The number of hydrogen-bond donors (Lipinski definition) is 0. The Morgan fingerprint density at radius 2 is 2.24 bits per heavy atom. The van der Waals surface area contributed by atoms with Crippen LogP contribution < -0.4 is 0 Å². The van der Waals surface area contributed by atoms with Gasteiger partial charge in [0.1, 0.15) is 0 Å². The molecule has 0 aromatic carbocycles. The first-order valence-electron chi connectivity index (χ1n) is 5.61. The number of carbonyl (C=O) groups is 1. The van der Waals surface area contributed by atoms with Gasteiger partial charge in [-0.15, -0.1) is 0 Å². The predicted molar refractivity (Wildman–Crippen MR) is 59.5 cm³/mol. The molecule has 17 heavy (non-hydrogen) atoms. The Morgan fingerprint density at radius 3 is 2.94 bits per heavy atom. The topological polar surface area (TPSA) is 68.9 Å². The molecule has 5 nitrogen and oxygen atoms in total. The van der Waals surface area contributed by atoms with E-state index < -0.39 is 0 Å². The summed E-state index contributed by atoms with van der Waals surface area (Å²) in [4.78, 5) is 19.0. The van der Waals surface area contributed by atoms with Crippen LogP contribution in [-0.2, 0) is 0 Å². The van der Waals surface area contributed by atoms with Crippen molar-refractivity contribution in [1.29, 1.82) is 0 Å². The quantitative estimate of drug-likeness (QED) is 0.755. The van der Waals surface area contributed by atoms with Crippen LogP contribution in [0.15, 0.2) is 23.0 Å². The van der Waals surface area contributed by atoms with E-state index in [0.29, 0.717) is 28.8 Å². The Morgan fingerprint density at radius 1 is 1.35 bits per heavy atom. The average Bonchev–Trinajstić information content (AvgIpc) is 2.76. The van der Waals surface area contributed by atoms with Crippen molar-refractivity contribution in [2.75, 3.05) is 0 Å². The van der Waals surface area contributed by atoms with Crippen molar-refractivity contribution in [2.45, 2.75) is 25.2 Å². The number of carbonyl (C=O) groups excluding carboxylic acids is 1. The molecule has 0 aliphatic heterocycles. The summed E-state index contributed by atoms with van der Waals surface area (Å²) in [5.74, 6) is 1.62. The molecule has 0 bridgehead atoms. The predicted octanol–water partition coefficient (Wildman–Crippen LogP) is 2.21. The number of pyridine rings is 1. The summed E-state index contributed by atoms with van der Waals surface area (Å²) in [5.41, 5.74) is 1.22. The minimum absolute atomic E-state index is 0.415. The molecule has 0 atom stereocenters. The van der Waals surface area contributed by atoms with Crippen LogP contribution in [0.5, 0.6) is 0 Å². The molecule has 1 saturated carbocycles. The molecule has 0 amide bonds. The molecular formula is C12H11N3O2. The van der Waals surface area contributed by atoms with E-state index >= 15 is 0 Å². The summed E-state index contributed by atoms with van der Waals surface area (Å²) >= 11 is 0. The van der Waals surface area contributed by atoms with Gasteiger partial charge in [-0.1, -0.05) is 11.6 Å². The summed E-state index contributed by atoms with van der Waals surface area (Å²) in [6.45, 7) is 0. The van der Waals surface area contributed by atoms with Crippen LogP contribution in [0, 0.1) is 0 Å². The lowest BCUT2D eigenvalue weighted by atomic mass is 9.85. The van der Waals surface area contributed by atoms with E-state index in [2.05, 4.69) is 15.1 Å². The second-order valence-electron chi connectivity index (χ2n) is 4.21. The summed E-state index contributed by atoms with van der Waals surface area (Å²) < 4.78 is 5.22. The van der Waals surface area contributed by atoms with Crippen molar-refractivity contribution in [3.63, 3.8) is 0 Å². The van der Waals surface area contributed by atoms with Gasteiger partial charge < -0.3 is 4.52 Å². The maximum atomic E-state index is 10.7. The minimum atomic E-state index is 0.415. The minimum Gasteiger partial charge on any atom is -0.339 e. The molecule has 0 saturated heterocycles. The molecule has 0 spiro atoms. The van der Waals surface area contributed by atoms with Crippen molar-refractivity contribution in [3.8, 4) is 11.4 Å². The highest BCUT2D eigenvalue weighted by Crippen LogP contribution is 2.35. The van der Waals surface area contributed by atoms with Crippen molar-refractivity contribution >= 4 is 6.29 Å². The molecule has 2 aromatic heterocycles. The molecule has 2 heterocycles. The number of rotatable bonds is 3. The Bertz CT molecular complexity index is 546. The van der Waals surface area contributed by atoms with E-state index in [-0.39, 0.29) is 0 Å². The van der Waals surface area contributed by atoms with Gasteiger partial charge in [0.05, 0.1) is 0 Å². The van der Waals surface area contributed by atoms with Gasteiger partial charge in [0, 0.05) is 29.4 Å². The first-order valence-corrected chi connectivity index (χ1v) is 5.61. The normalized spacial score (nSPS) is 15.5. The highest BCUT2D eigenvalue weighted by Gasteiger charge is 2.25. The van der Waals surface area contributed by atoms with E-state index in [4.69, 9.17) is 4.52 Å². The Labute approximate surface area is 97.9 Å². The van der Waals surface area contributed by atoms with Gasteiger partial charge in [-0.2, -0.15) is 4.98 Å². The van der Waals surface area contributed by atoms with Crippen molar-refractivity contribution in [2.24, 2.45) is 0 Å². The van der Waals surface area contributed by atoms with Crippen molar-refractivity contribution < 1.29 is 9.32 Å². The van der Waals surface area contributed by atoms with E-state index in [0.717, 1.165) is 19.1 Å².